The first-order valence-electron chi connectivity index (χ1n) is 6.94. The maximum atomic E-state index is 13.8. The van der Waals surface area contributed by atoms with Gasteiger partial charge in [-0.05, 0) is 51.9 Å². The number of halogens is 2. The van der Waals surface area contributed by atoms with E-state index in [0.717, 1.165) is 25.7 Å². The van der Waals surface area contributed by atoms with Crippen LogP contribution in [0.2, 0.25) is 0 Å². The number of nitrogens with one attached hydrogen (secondary N) is 1. The van der Waals surface area contributed by atoms with E-state index in [1.165, 1.54) is 18.9 Å². The highest BCUT2D eigenvalue weighted by Crippen LogP contribution is 2.24. The van der Waals surface area contributed by atoms with Crippen molar-refractivity contribution < 1.29 is 8.78 Å². The van der Waals surface area contributed by atoms with Crippen LogP contribution < -0.4 is 5.32 Å². The van der Waals surface area contributed by atoms with Crippen molar-refractivity contribution in [3.8, 4) is 0 Å². The Hall–Kier alpha value is -1.00. The highest BCUT2D eigenvalue weighted by atomic mass is 19.1. The average Bonchev–Trinajstić information content (AvgIpc) is 2.39. The fourth-order valence-electron chi connectivity index (χ4n) is 2.72. The molecule has 106 valence electrons. The van der Waals surface area contributed by atoms with Crippen molar-refractivity contribution in [2.45, 2.75) is 25.8 Å². The average molecular weight is 268 g/mol. The van der Waals surface area contributed by atoms with Crippen LogP contribution in [0.4, 0.5) is 8.78 Å². The molecule has 2 atom stereocenters. The second-order valence-electron chi connectivity index (χ2n) is 5.49. The van der Waals surface area contributed by atoms with E-state index in [9.17, 15) is 8.78 Å². The molecule has 1 saturated heterocycles. The Labute approximate surface area is 113 Å². The second kappa shape index (κ2) is 6.44. The van der Waals surface area contributed by atoms with Gasteiger partial charge in [0.25, 0.3) is 0 Å². The molecule has 0 spiro atoms. The molecule has 1 heterocycles. The molecule has 2 rings (SSSR count). The van der Waals surface area contributed by atoms with E-state index < -0.39 is 11.6 Å². The zero-order chi connectivity index (χ0) is 13.8. The number of nitrogens with zero attached hydrogens (tertiary/aromatic N) is 1. The van der Waals surface area contributed by atoms with E-state index in [4.69, 9.17) is 0 Å². The van der Waals surface area contributed by atoms with Crippen LogP contribution in [0.1, 0.15) is 31.4 Å². The number of hydrogen-bond acceptors (Lipinski definition) is 2. The third-order valence-corrected chi connectivity index (χ3v) is 4.02. The maximum absolute atomic E-state index is 13.8. The topological polar surface area (TPSA) is 15.3 Å². The van der Waals surface area contributed by atoms with Gasteiger partial charge in [0.1, 0.15) is 11.6 Å². The summed E-state index contributed by atoms with van der Waals surface area (Å²) in [6, 6.07) is 3.79. The summed E-state index contributed by atoms with van der Waals surface area (Å²) in [4.78, 5) is 2.15. The minimum Gasteiger partial charge on any atom is -0.316 e. The molecule has 4 heteroatoms. The zero-order valence-electron chi connectivity index (χ0n) is 11.6. The molecule has 0 aromatic heterocycles. The fourth-order valence-corrected chi connectivity index (χ4v) is 2.72. The van der Waals surface area contributed by atoms with Gasteiger partial charge in [0.2, 0.25) is 0 Å². The first-order valence-corrected chi connectivity index (χ1v) is 6.94. The van der Waals surface area contributed by atoms with Gasteiger partial charge in [0.15, 0.2) is 0 Å². The van der Waals surface area contributed by atoms with Gasteiger partial charge in [-0.1, -0.05) is 6.07 Å². The molecular weight excluding hydrogens is 246 g/mol. The summed E-state index contributed by atoms with van der Waals surface area (Å²) in [6.45, 7) is 5.03. The molecule has 0 aliphatic carbocycles. The number of benzene rings is 1. The van der Waals surface area contributed by atoms with Crippen molar-refractivity contribution in [1.29, 1.82) is 0 Å². The Morgan fingerprint density at radius 2 is 2.21 bits per heavy atom. The second-order valence-corrected chi connectivity index (χ2v) is 5.49. The van der Waals surface area contributed by atoms with Crippen molar-refractivity contribution in [2.24, 2.45) is 5.92 Å². The van der Waals surface area contributed by atoms with Crippen LogP contribution in [0.15, 0.2) is 18.2 Å². The molecule has 1 aliphatic rings. The number of rotatable bonds is 4. The maximum Gasteiger partial charge on any atom is 0.130 e. The largest absolute Gasteiger partial charge is 0.316 e. The van der Waals surface area contributed by atoms with Crippen LogP contribution in [0.5, 0.6) is 0 Å². The van der Waals surface area contributed by atoms with Crippen molar-refractivity contribution in [3.05, 3.63) is 35.4 Å². The standard InChI is InChI=1S/C15H22F2N2/c1-11(14-6-5-13(16)8-15(14)17)19(2)10-12-4-3-7-18-9-12/h5-6,8,11-12,18H,3-4,7,9-10H2,1-2H3. The molecular formula is C15H22F2N2. The Balaban J connectivity index is 1.99. The summed E-state index contributed by atoms with van der Waals surface area (Å²) >= 11 is 0. The molecule has 2 nitrogen and oxygen atoms in total. The van der Waals surface area contributed by atoms with Gasteiger partial charge in [-0.25, -0.2) is 8.78 Å². The lowest BCUT2D eigenvalue weighted by Gasteiger charge is -2.31. The fraction of sp³-hybridized carbons (Fsp3) is 0.600. The Bertz CT molecular complexity index is 417. The predicted molar refractivity (Wildman–Crippen MR) is 73.0 cm³/mol. The van der Waals surface area contributed by atoms with Gasteiger partial charge in [-0.3, -0.25) is 4.90 Å². The summed E-state index contributed by atoms with van der Waals surface area (Å²) in [7, 11) is 2.00. The molecule has 19 heavy (non-hydrogen) atoms. The number of hydrogen-bond donors (Lipinski definition) is 1. The highest BCUT2D eigenvalue weighted by Gasteiger charge is 2.20. The molecule has 1 aromatic carbocycles. The third-order valence-electron chi connectivity index (χ3n) is 4.02. The Kier molecular flexibility index (Phi) is 4.88. The molecule has 0 radical (unpaired) electrons. The van der Waals surface area contributed by atoms with Gasteiger partial charge in [0.05, 0.1) is 0 Å². The number of piperidine rings is 1. The van der Waals surface area contributed by atoms with Crippen LogP contribution >= 0.6 is 0 Å². The normalized spacial score (nSPS) is 21.6. The van der Waals surface area contributed by atoms with E-state index in [2.05, 4.69) is 10.2 Å². The van der Waals surface area contributed by atoms with Gasteiger partial charge < -0.3 is 5.32 Å². The van der Waals surface area contributed by atoms with Gasteiger partial charge in [-0.15, -0.1) is 0 Å². The van der Waals surface area contributed by atoms with Crippen LogP contribution in [-0.4, -0.2) is 31.6 Å². The molecule has 1 N–H and O–H groups in total. The summed E-state index contributed by atoms with van der Waals surface area (Å²) in [5, 5.41) is 3.39. The van der Waals surface area contributed by atoms with E-state index in [-0.39, 0.29) is 6.04 Å². The van der Waals surface area contributed by atoms with Crippen LogP contribution in [0.25, 0.3) is 0 Å². The Morgan fingerprint density at radius 3 is 2.84 bits per heavy atom. The summed E-state index contributed by atoms with van der Waals surface area (Å²) in [5.41, 5.74) is 0.563. The van der Waals surface area contributed by atoms with Crippen LogP contribution in [0.3, 0.4) is 0 Å². The molecule has 1 aromatic rings. The summed E-state index contributed by atoms with van der Waals surface area (Å²) < 4.78 is 26.7. The SMILES string of the molecule is CC(c1ccc(F)cc1F)N(C)CC1CCCNC1. The summed E-state index contributed by atoms with van der Waals surface area (Å²) in [6.07, 6.45) is 2.42. The molecule has 2 unspecified atom stereocenters. The van der Waals surface area contributed by atoms with E-state index >= 15 is 0 Å². The molecule has 0 bridgehead atoms. The lowest BCUT2D eigenvalue weighted by Crippen LogP contribution is -2.37. The smallest absolute Gasteiger partial charge is 0.130 e. The first kappa shape index (κ1) is 14.4. The van der Waals surface area contributed by atoms with Crippen molar-refractivity contribution in [3.63, 3.8) is 0 Å². The van der Waals surface area contributed by atoms with E-state index in [1.54, 1.807) is 6.07 Å². The van der Waals surface area contributed by atoms with E-state index in [1.807, 2.05) is 14.0 Å². The Morgan fingerprint density at radius 1 is 1.42 bits per heavy atom. The molecule has 0 amide bonds. The molecule has 1 aliphatic heterocycles. The molecule has 1 fully saturated rings. The van der Waals surface area contributed by atoms with E-state index in [0.29, 0.717) is 11.5 Å². The van der Waals surface area contributed by atoms with Crippen molar-refractivity contribution in [2.75, 3.05) is 26.7 Å². The minimum absolute atomic E-state index is 0.0393. The third kappa shape index (κ3) is 3.74. The van der Waals surface area contributed by atoms with Crippen LogP contribution in [-0.2, 0) is 0 Å². The minimum atomic E-state index is -0.521. The monoisotopic (exact) mass is 268 g/mol. The predicted octanol–water partition coefficient (Wildman–Crippen LogP) is 2.96. The van der Waals surface area contributed by atoms with Gasteiger partial charge in [-0.2, -0.15) is 0 Å². The quantitative estimate of drug-likeness (QED) is 0.903. The molecule has 0 saturated carbocycles. The highest BCUT2D eigenvalue weighted by molar-refractivity contribution is 5.21. The summed E-state index contributed by atoms with van der Waals surface area (Å²) in [5.74, 6) is -0.363. The van der Waals surface area contributed by atoms with Crippen molar-refractivity contribution >= 4 is 0 Å². The lowest BCUT2D eigenvalue weighted by molar-refractivity contribution is 0.196. The van der Waals surface area contributed by atoms with Crippen LogP contribution in [0, 0.1) is 17.6 Å². The van der Waals surface area contributed by atoms with Gasteiger partial charge in [0, 0.05) is 24.2 Å². The van der Waals surface area contributed by atoms with Gasteiger partial charge >= 0.3 is 0 Å². The lowest BCUT2D eigenvalue weighted by atomic mass is 9.97. The zero-order valence-corrected chi connectivity index (χ0v) is 11.6. The first-order chi connectivity index (χ1) is 9.08. The van der Waals surface area contributed by atoms with Crippen molar-refractivity contribution in [1.82, 2.24) is 10.2 Å².